The molecule has 0 unspecified atom stereocenters. The zero-order valence-electron chi connectivity index (χ0n) is 17.2. The van der Waals surface area contributed by atoms with Crippen molar-refractivity contribution >= 4 is 22.4 Å². The average Bonchev–Trinajstić information content (AvgIpc) is 3.22. The molecule has 1 amide bonds. The summed E-state index contributed by atoms with van der Waals surface area (Å²) in [6.45, 7) is 3.61. The number of anilines is 1. The summed E-state index contributed by atoms with van der Waals surface area (Å²) in [5, 5.41) is 4.81. The van der Waals surface area contributed by atoms with E-state index in [2.05, 4.69) is 15.3 Å². The van der Waals surface area contributed by atoms with E-state index in [1.807, 2.05) is 26.0 Å². The first-order valence-electron chi connectivity index (χ1n) is 9.66. The average molecular weight is 452 g/mol. The van der Waals surface area contributed by atoms with Crippen molar-refractivity contribution in [3.8, 4) is 11.4 Å². The molecule has 32 heavy (non-hydrogen) atoms. The van der Waals surface area contributed by atoms with Crippen LogP contribution in [0.1, 0.15) is 27.2 Å². The number of aryl methyl sites for hydroxylation is 2. The third-order valence-electron chi connectivity index (χ3n) is 4.99. The number of hydrogen-bond acceptors (Lipinski definition) is 5. The van der Waals surface area contributed by atoms with Gasteiger partial charge in [0.25, 0.3) is 11.5 Å². The number of halogens is 2. The van der Waals surface area contributed by atoms with E-state index in [1.165, 1.54) is 29.7 Å². The molecule has 9 heteroatoms. The minimum absolute atomic E-state index is 0.112. The highest BCUT2D eigenvalue weighted by atomic mass is 32.1. The van der Waals surface area contributed by atoms with E-state index in [9.17, 15) is 18.4 Å². The summed E-state index contributed by atoms with van der Waals surface area (Å²) in [7, 11) is 0. The van der Waals surface area contributed by atoms with Crippen LogP contribution in [0.4, 0.5) is 13.9 Å². The number of aromatic nitrogens is 3. The molecule has 0 aliphatic heterocycles. The van der Waals surface area contributed by atoms with E-state index in [-0.39, 0.29) is 17.7 Å². The van der Waals surface area contributed by atoms with Crippen LogP contribution in [-0.2, 0) is 6.54 Å². The van der Waals surface area contributed by atoms with Crippen LogP contribution in [0.15, 0.2) is 58.8 Å². The Hall–Kier alpha value is -3.72. The van der Waals surface area contributed by atoms with Gasteiger partial charge in [-0.05, 0) is 43.7 Å². The summed E-state index contributed by atoms with van der Waals surface area (Å²) >= 11 is 1.24. The van der Waals surface area contributed by atoms with Gasteiger partial charge >= 0.3 is 0 Å². The first-order valence-corrected chi connectivity index (χ1v) is 10.5. The van der Waals surface area contributed by atoms with Crippen molar-refractivity contribution in [3.63, 3.8) is 0 Å². The molecule has 3 aromatic heterocycles. The number of amides is 1. The second-order valence-corrected chi connectivity index (χ2v) is 8.03. The van der Waals surface area contributed by atoms with E-state index in [1.54, 1.807) is 5.38 Å². The highest BCUT2D eigenvalue weighted by Gasteiger charge is 2.14. The van der Waals surface area contributed by atoms with Gasteiger partial charge in [0, 0.05) is 34.5 Å². The molecule has 0 saturated heterocycles. The van der Waals surface area contributed by atoms with E-state index in [0.29, 0.717) is 16.5 Å². The van der Waals surface area contributed by atoms with Gasteiger partial charge in [-0.15, -0.1) is 11.3 Å². The molecule has 0 saturated carbocycles. The Labute approximate surface area is 186 Å². The predicted molar refractivity (Wildman–Crippen MR) is 119 cm³/mol. The lowest BCUT2D eigenvalue weighted by atomic mass is 10.2. The van der Waals surface area contributed by atoms with Crippen LogP contribution >= 0.6 is 11.3 Å². The smallest absolute Gasteiger partial charge is 0.257 e. The van der Waals surface area contributed by atoms with Crippen molar-refractivity contribution in [2.45, 2.75) is 20.4 Å². The highest BCUT2D eigenvalue weighted by Crippen LogP contribution is 2.24. The minimum atomic E-state index is -0.739. The fourth-order valence-corrected chi connectivity index (χ4v) is 3.72. The van der Waals surface area contributed by atoms with E-state index in [0.717, 1.165) is 34.0 Å². The molecule has 1 aromatic carbocycles. The molecule has 0 radical (unpaired) electrons. The van der Waals surface area contributed by atoms with Gasteiger partial charge in [-0.25, -0.2) is 13.8 Å². The molecule has 4 rings (SSSR count). The molecular formula is C23H18F2N4O2S. The lowest BCUT2D eigenvalue weighted by molar-refractivity contribution is 0.102. The number of carbonyl (C=O) groups is 1. The fourth-order valence-electron chi connectivity index (χ4n) is 3.02. The molecule has 6 nitrogen and oxygen atoms in total. The summed E-state index contributed by atoms with van der Waals surface area (Å²) in [6.07, 6.45) is 1.33. The summed E-state index contributed by atoms with van der Waals surface area (Å²) in [6, 6.07) is 9.85. The van der Waals surface area contributed by atoms with Crippen LogP contribution in [0.25, 0.3) is 11.4 Å². The Bertz CT molecular complexity index is 1360. The molecule has 0 spiro atoms. The Kier molecular flexibility index (Phi) is 5.91. The largest absolute Gasteiger partial charge is 0.311 e. The maximum atomic E-state index is 13.9. The molecule has 3 heterocycles. The third-order valence-corrected chi connectivity index (χ3v) is 5.74. The van der Waals surface area contributed by atoms with E-state index in [4.69, 9.17) is 0 Å². The van der Waals surface area contributed by atoms with E-state index >= 15 is 0 Å². The number of nitrogens with one attached hydrogen (secondary N) is 1. The molecule has 0 atom stereocenters. The third kappa shape index (κ3) is 4.47. The van der Waals surface area contributed by atoms with Gasteiger partial charge in [0.05, 0.1) is 12.2 Å². The zero-order valence-corrected chi connectivity index (χ0v) is 18.0. The van der Waals surface area contributed by atoms with Gasteiger partial charge in [0.1, 0.15) is 17.3 Å². The van der Waals surface area contributed by atoms with Crippen molar-refractivity contribution in [3.05, 3.63) is 98.4 Å². The quantitative estimate of drug-likeness (QED) is 0.482. The van der Waals surface area contributed by atoms with Gasteiger partial charge in [-0.2, -0.15) is 0 Å². The van der Waals surface area contributed by atoms with Gasteiger partial charge in [0.15, 0.2) is 5.13 Å². The molecule has 0 fully saturated rings. The van der Waals surface area contributed by atoms with Gasteiger partial charge < -0.3 is 4.57 Å². The lowest BCUT2D eigenvalue weighted by Crippen LogP contribution is -2.23. The van der Waals surface area contributed by atoms with Gasteiger partial charge in [-0.1, -0.05) is 12.1 Å². The van der Waals surface area contributed by atoms with Crippen molar-refractivity contribution in [2.24, 2.45) is 0 Å². The number of thiazole rings is 1. The number of hydrogen-bond donors (Lipinski definition) is 1. The monoisotopic (exact) mass is 452 g/mol. The Morgan fingerprint density at radius 2 is 1.81 bits per heavy atom. The minimum Gasteiger partial charge on any atom is -0.311 e. The van der Waals surface area contributed by atoms with Crippen LogP contribution in [0.5, 0.6) is 0 Å². The van der Waals surface area contributed by atoms with Crippen molar-refractivity contribution in [1.29, 1.82) is 0 Å². The molecule has 0 aliphatic carbocycles. The van der Waals surface area contributed by atoms with Crippen LogP contribution in [0, 0.1) is 25.5 Å². The zero-order chi connectivity index (χ0) is 22.8. The van der Waals surface area contributed by atoms with Crippen molar-refractivity contribution in [1.82, 2.24) is 14.5 Å². The number of benzene rings is 1. The normalized spacial score (nSPS) is 10.9. The van der Waals surface area contributed by atoms with Crippen LogP contribution in [-0.4, -0.2) is 20.4 Å². The summed E-state index contributed by atoms with van der Waals surface area (Å²) in [5.41, 5.74) is 2.65. The number of pyridine rings is 2. The summed E-state index contributed by atoms with van der Waals surface area (Å²) in [5.74, 6) is -1.99. The first-order chi connectivity index (χ1) is 15.3. The molecule has 0 bridgehead atoms. The fraction of sp³-hybridized carbons (Fsp3) is 0.130. The Morgan fingerprint density at radius 3 is 2.50 bits per heavy atom. The van der Waals surface area contributed by atoms with Gasteiger partial charge in [-0.3, -0.25) is 19.9 Å². The van der Waals surface area contributed by atoms with Crippen LogP contribution in [0.2, 0.25) is 0 Å². The Balaban J connectivity index is 1.50. The predicted octanol–water partition coefficient (Wildman–Crippen LogP) is 4.56. The number of carbonyl (C=O) groups excluding carboxylic acids is 1. The number of nitrogens with zero attached hydrogens (tertiary/aromatic N) is 3. The second kappa shape index (κ2) is 8.80. The second-order valence-electron chi connectivity index (χ2n) is 7.17. The molecule has 0 aliphatic rings. The van der Waals surface area contributed by atoms with E-state index < -0.39 is 23.1 Å². The SMILES string of the molecule is Cc1ccc(-c2csc(NC(=O)c3ccn(Cc4c(F)cccc4F)c(=O)c3)n2)nc1C. The molecule has 162 valence electrons. The summed E-state index contributed by atoms with van der Waals surface area (Å²) < 4.78 is 28.8. The topological polar surface area (TPSA) is 76.9 Å². The molecule has 1 N–H and O–H groups in total. The number of rotatable bonds is 5. The highest BCUT2D eigenvalue weighted by molar-refractivity contribution is 7.14. The first kappa shape index (κ1) is 21.5. The summed E-state index contributed by atoms with van der Waals surface area (Å²) in [4.78, 5) is 33.8. The molecule has 4 aromatic rings. The van der Waals surface area contributed by atoms with Crippen LogP contribution < -0.4 is 10.9 Å². The maximum absolute atomic E-state index is 13.9. The Morgan fingerprint density at radius 1 is 1.06 bits per heavy atom. The van der Waals surface area contributed by atoms with Crippen molar-refractivity contribution < 1.29 is 13.6 Å². The van der Waals surface area contributed by atoms with Crippen molar-refractivity contribution in [2.75, 3.05) is 5.32 Å². The molecular weight excluding hydrogens is 434 g/mol. The standard InChI is InChI=1S/C23H18F2N4O2S/c1-13-6-7-19(26-14(13)2)20-12-32-23(27-20)28-22(31)15-8-9-29(21(30)10-15)11-16-17(24)4-3-5-18(16)25/h3-10,12H,11H2,1-2H3,(H,27,28,31). The maximum Gasteiger partial charge on any atom is 0.257 e. The van der Waals surface area contributed by atoms with Gasteiger partial charge in [0.2, 0.25) is 0 Å². The van der Waals surface area contributed by atoms with Crippen LogP contribution in [0.3, 0.4) is 0 Å². The lowest BCUT2D eigenvalue weighted by Gasteiger charge is -2.09.